The summed E-state index contributed by atoms with van der Waals surface area (Å²) in [7, 11) is 1.48. The maximum Gasteiger partial charge on any atom is 0.313 e. The largest absolute Gasteiger partial charge is 0.469 e. The van der Waals surface area contributed by atoms with Crippen molar-refractivity contribution >= 4 is 5.97 Å². The quantitative estimate of drug-likeness (QED) is 0.709. The summed E-state index contributed by atoms with van der Waals surface area (Å²) in [5.74, 6) is 0.374. The molecule has 2 N–H and O–H groups in total. The number of ether oxygens (including phenoxy) is 1. The molecule has 15 heavy (non-hydrogen) atoms. The van der Waals surface area contributed by atoms with Crippen LogP contribution >= 0.6 is 0 Å². The van der Waals surface area contributed by atoms with Crippen molar-refractivity contribution in [3.63, 3.8) is 0 Å². The molecule has 0 radical (unpaired) electrons. The van der Waals surface area contributed by atoms with Crippen molar-refractivity contribution < 1.29 is 9.53 Å². The first kappa shape index (κ1) is 10.9. The molecule has 2 fully saturated rings. The fourth-order valence-electron chi connectivity index (χ4n) is 3.56. The Bertz CT molecular complexity index is 269. The zero-order valence-electron chi connectivity index (χ0n) is 9.71. The van der Waals surface area contributed by atoms with Crippen LogP contribution in [0.15, 0.2) is 0 Å². The molecule has 0 heterocycles. The SMILES string of the molecule is COC(=O)C1(C2CCCC2)CCC1(C)N. The highest BCUT2D eigenvalue weighted by Crippen LogP contribution is 2.58. The molecular formula is C12H21NO2. The zero-order valence-corrected chi connectivity index (χ0v) is 9.71. The second-order valence-corrected chi connectivity index (χ2v) is 5.36. The minimum absolute atomic E-state index is 0.0781. The first-order chi connectivity index (χ1) is 7.04. The Morgan fingerprint density at radius 1 is 1.33 bits per heavy atom. The van der Waals surface area contributed by atoms with Gasteiger partial charge in [-0.2, -0.15) is 0 Å². The van der Waals surface area contributed by atoms with Gasteiger partial charge in [-0.25, -0.2) is 0 Å². The van der Waals surface area contributed by atoms with Crippen LogP contribution in [-0.4, -0.2) is 18.6 Å². The molecule has 2 aliphatic carbocycles. The normalized spacial score (nSPS) is 41.3. The lowest BCUT2D eigenvalue weighted by molar-refractivity contribution is -0.174. The van der Waals surface area contributed by atoms with E-state index in [1.54, 1.807) is 0 Å². The second kappa shape index (κ2) is 3.48. The third-order valence-electron chi connectivity index (χ3n) is 4.66. The Kier molecular flexibility index (Phi) is 2.53. The Balaban J connectivity index is 2.27. The first-order valence-corrected chi connectivity index (χ1v) is 5.92. The fraction of sp³-hybridized carbons (Fsp3) is 0.917. The van der Waals surface area contributed by atoms with Crippen molar-refractivity contribution in [3.8, 4) is 0 Å². The molecule has 0 aliphatic heterocycles. The Morgan fingerprint density at radius 2 is 1.93 bits per heavy atom. The number of rotatable bonds is 2. The van der Waals surface area contributed by atoms with Crippen LogP contribution in [0.1, 0.15) is 45.4 Å². The summed E-state index contributed by atoms with van der Waals surface area (Å²) in [6.45, 7) is 2.01. The predicted molar refractivity (Wildman–Crippen MR) is 58.2 cm³/mol. The van der Waals surface area contributed by atoms with Crippen LogP contribution < -0.4 is 5.73 Å². The van der Waals surface area contributed by atoms with Gasteiger partial charge in [-0.1, -0.05) is 12.8 Å². The number of methoxy groups -OCH3 is 1. The summed E-state index contributed by atoms with van der Waals surface area (Å²) >= 11 is 0. The van der Waals surface area contributed by atoms with E-state index in [0.29, 0.717) is 5.92 Å². The van der Waals surface area contributed by atoms with E-state index in [2.05, 4.69) is 0 Å². The molecule has 0 bridgehead atoms. The van der Waals surface area contributed by atoms with Crippen LogP contribution in [0.4, 0.5) is 0 Å². The van der Waals surface area contributed by atoms with Crippen LogP contribution in [0.5, 0.6) is 0 Å². The molecular weight excluding hydrogens is 190 g/mol. The van der Waals surface area contributed by atoms with Gasteiger partial charge in [0, 0.05) is 5.54 Å². The maximum atomic E-state index is 12.0. The summed E-state index contributed by atoms with van der Waals surface area (Å²) in [6.07, 6.45) is 6.61. The molecule has 2 atom stereocenters. The molecule has 0 amide bonds. The second-order valence-electron chi connectivity index (χ2n) is 5.36. The predicted octanol–water partition coefficient (Wildman–Crippen LogP) is 1.85. The van der Waals surface area contributed by atoms with Crippen molar-refractivity contribution in [3.05, 3.63) is 0 Å². The molecule has 3 nitrogen and oxygen atoms in total. The molecule has 0 aromatic rings. The minimum atomic E-state index is -0.377. The standard InChI is InChI=1S/C12H21NO2/c1-11(13)7-8-12(11,10(14)15-2)9-5-3-4-6-9/h9H,3-8,13H2,1-2H3. The highest BCUT2D eigenvalue weighted by atomic mass is 16.5. The number of carbonyl (C=O) groups is 1. The average Bonchev–Trinajstić information content (AvgIpc) is 2.70. The van der Waals surface area contributed by atoms with Gasteiger partial charge in [0.25, 0.3) is 0 Å². The molecule has 0 aromatic heterocycles. The molecule has 2 rings (SSSR count). The molecule has 3 heteroatoms. The van der Waals surface area contributed by atoms with E-state index in [1.807, 2.05) is 6.92 Å². The van der Waals surface area contributed by atoms with Gasteiger partial charge in [-0.15, -0.1) is 0 Å². The Labute approximate surface area is 91.4 Å². The van der Waals surface area contributed by atoms with Gasteiger partial charge in [0.1, 0.15) is 0 Å². The summed E-state index contributed by atoms with van der Waals surface area (Å²) in [4.78, 5) is 12.0. The summed E-state index contributed by atoms with van der Waals surface area (Å²) in [5, 5.41) is 0. The molecule has 0 saturated heterocycles. The van der Waals surface area contributed by atoms with E-state index >= 15 is 0 Å². The van der Waals surface area contributed by atoms with Crippen molar-refractivity contribution in [2.75, 3.05) is 7.11 Å². The average molecular weight is 211 g/mol. The number of hydrogen-bond acceptors (Lipinski definition) is 3. The first-order valence-electron chi connectivity index (χ1n) is 5.92. The van der Waals surface area contributed by atoms with Crippen LogP contribution in [-0.2, 0) is 9.53 Å². The molecule has 2 unspecified atom stereocenters. The Hall–Kier alpha value is -0.570. The maximum absolute atomic E-state index is 12.0. The third kappa shape index (κ3) is 1.32. The number of carbonyl (C=O) groups excluding carboxylic acids is 1. The van der Waals surface area contributed by atoms with Crippen LogP contribution in [0.3, 0.4) is 0 Å². The van der Waals surface area contributed by atoms with Crippen molar-refractivity contribution in [1.29, 1.82) is 0 Å². The zero-order chi connectivity index (χ0) is 11.1. The lowest BCUT2D eigenvalue weighted by Crippen LogP contribution is -2.68. The monoisotopic (exact) mass is 211 g/mol. The molecule has 0 aromatic carbocycles. The van der Waals surface area contributed by atoms with Crippen LogP contribution in [0, 0.1) is 11.3 Å². The van der Waals surface area contributed by atoms with E-state index in [4.69, 9.17) is 10.5 Å². The fourth-order valence-corrected chi connectivity index (χ4v) is 3.56. The van der Waals surface area contributed by atoms with Gasteiger partial charge in [0.15, 0.2) is 0 Å². The van der Waals surface area contributed by atoms with E-state index in [0.717, 1.165) is 25.7 Å². The van der Waals surface area contributed by atoms with Crippen molar-refractivity contribution in [2.24, 2.45) is 17.1 Å². The van der Waals surface area contributed by atoms with Gasteiger partial charge in [-0.05, 0) is 38.5 Å². The number of nitrogens with two attached hydrogens (primary N) is 1. The molecule has 86 valence electrons. The van der Waals surface area contributed by atoms with Crippen molar-refractivity contribution in [1.82, 2.24) is 0 Å². The molecule has 2 saturated carbocycles. The highest BCUT2D eigenvalue weighted by molar-refractivity contribution is 5.80. The van der Waals surface area contributed by atoms with E-state index in [-0.39, 0.29) is 16.9 Å². The van der Waals surface area contributed by atoms with Crippen LogP contribution in [0.25, 0.3) is 0 Å². The third-order valence-corrected chi connectivity index (χ3v) is 4.66. The topological polar surface area (TPSA) is 52.3 Å². The van der Waals surface area contributed by atoms with E-state index < -0.39 is 0 Å². The van der Waals surface area contributed by atoms with Crippen LogP contribution in [0.2, 0.25) is 0 Å². The molecule has 2 aliphatic rings. The minimum Gasteiger partial charge on any atom is -0.469 e. The van der Waals surface area contributed by atoms with Gasteiger partial charge < -0.3 is 10.5 Å². The number of esters is 1. The lowest BCUT2D eigenvalue weighted by atomic mass is 9.50. The van der Waals surface area contributed by atoms with Gasteiger partial charge in [0.05, 0.1) is 12.5 Å². The van der Waals surface area contributed by atoms with E-state index in [9.17, 15) is 4.79 Å². The lowest BCUT2D eigenvalue weighted by Gasteiger charge is -2.56. The van der Waals surface area contributed by atoms with Gasteiger partial charge >= 0.3 is 5.97 Å². The van der Waals surface area contributed by atoms with E-state index in [1.165, 1.54) is 20.0 Å². The summed E-state index contributed by atoms with van der Waals surface area (Å²) in [6, 6.07) is 0. The Morgan fingerprint density at radius 3 is 2.27 bits per heavy atom. The highest BCUT2D eigenvalue weighted by Gasteiger charge is 2.63. The van der Waals surface area contributed by atoms with Crippen molar-refractivity contribution in [2.45, 2.75) is 51.0 Å². The smallest absolute Gasteiger partial charge is 0.313 e. The molecule has 0 spiro atoms. The number of hydrogen-bond donors (Lipinski definition) is 1. The summed E-state index contributed by atoms with van der Waals surface area (Å²) in [5.41, 5.74) is 5.53. The van der Waals surface area contributed by atoms with Gasteiger partial charge in [-0.3, -0.25) is 4.79 Å². The van der Waals surface area contributed by atoms with Gasteiger partial charge in [0.2, 0.25) is 0 Å². The summed E-state index contributed by atoms with van der Waals surface area (Å²) < 4.78 is 4.99.